The fourth-order valence-electron chi connectivity index (χ4n) is 3.83. The van der Waals surface area contributed by atoms with Crippen LogP contribution in [0.1, 0.15) is 46.0 Å². The van der Waals surface area contributed by atoms with E-state index < -0.39 is 5.60 Å². The summed E-state index contributed by atoms with van der Waals surface area (Å²) in [5, 5.41) is 10.5. The Morgan fingerprint density at radius 2 is 2.00 bits per heavy atom. The van der Waals surface area contributed by atoms with E-state index in [0.29, 0.717) is 18.5 Å². The van der Waals surface area contributed by atoms with E-state index >= 15 is 0 Å². The number of nitrogens with two attached hydrogens (primary N) is 1. The Labute approximate surface area is 124 Å². The molecule has 0 aromatic rings. The molecule has 0 aromatic carbocycles. The summed E-state index contributed by atoms with van der Waals surface area (Å²) >= 11 is 0. The van der Waals surface area contributed by atoms with E-state index in [-0.39, 0.29) is 0 Å². The standard InChI is InChI=1S/C16H33N3O/c1-3-14(2)19-11-9-18(10-12-19)8-6-15-5-4-7-16(15,20)13-17/h14-15,20H,3-13,17H2,1-2H3. The molecule has 0 bridgehead atoms. The number of piperazine rings is 1. The van der Waals surface area contributed by atoms with E-state index in [2.05, 4.69) is 23.6 Å². The van der Waals surface area contributed by atoms with E-state index in [1.807, 2.05) is 0 Å². The Balaban J connectivity index is 1.71. The van der Waals surface area contributed by atoms with Gasteiger partial charge in [0, 0.05) is 38.8 Å². The van der Waals surface area contributed by atoms with Gasteiger partial charge in [-0.3, -0.25) is 4.90 Å². The largest absolute Gasteiger partial charge is 0.388 e. The van der Waals surface area contributed by atoms with E-state index in [1.54, 1.807) is 0 Å². The van der Waals surface area contributed by atoms with Gasteiger partial charge in [-0.1, -0.05) is 13.3 Å². The molecule has 4 heteroatoms. The second-order valence-corrected chi connectivity index (χ2v) is 6.82. The second kappa shape index (κ2) is 7.21. The van der Waals surface area contributed by atoms with Gasteiger partial charge in [0.2, 0.25) is 0 Å². The molecule has 1 aliphatic carbocycles. The molecule has 3 unspecified atom stereocenters. The minimum absolute atomic E-state index is 0.417. The maximum absolute atomic E-state index is 10.5. The van der Waals surface area contributed by atoms with Gasteiger partial charge in [-0.25, -0.2) is 0 Å². The van der Waals surface area contributed by atoms with Crippen LogP contribution in [0.25, 0.3) is 0 Å². The van der Waals surface area contributed by atoms with E-state index in [4.69, 9.17) is 5.73 Å². The first-order valence-electron chi connectivity index (χ1n) is 8.48. The summed E-state index contributed by atoms with van der Waals surface area (Å²) < 4.78 is 0. The third-order valence-electron chi connectivity index (χ3n) is 5.69. The number of hydrogen-bond donors (Lipinski definition) is 2. The summed E-state index contributed by atoms with van der Waals surface area (Å²) in [5.74, 6) is 0.417. The lowest BCUT2D eigenvalue weighted by molar-refractivity contribution is 0.00193. The molecule has 20 heavy (non-hydrogen) atoms. The van der Waals surface area contributed by atoms with Gasteiger partial charge in [-0.15, -0.1) is 0 Å². The first-order chi connectivity index (χ1) is 9.59. The molecular formula is C16H33N3O. The first kappa shape index (κ1) is 16.2. The summed E-state index contributed by atoms with van der Waals surface area (Å²) in [6.07, 6.45) is 5.54. The zero-order chi connectivity index (χ0) is 14.6. The van der Waals surface area contributed by atoms with E-state index in [9.17, 15) is 5.11 Å². The van der Waals surface area contributed by atoms with E-state index in [1.165, 1.54) is 32.6 Å². The fourth-order valence-corrected chi connectivity index (χ4v) is 3.83. The number of rotatable bonds is 6. The molecule has 1 saturated carbocycles. The predicted octanol–water partition coefficient (Wildman–Crippen LogP) is 1.28. The van der Waals surface area contributed by atoms with Crippen molar-refractivity contribution in [3.63, 3.8) is 0 Å². The topological polar surface area (TPSA) is 52.7 Å². The molecule has 1 aliphatic heterocycles. The monoisotopic (exact) mass is 283 g/mol. The van der Waals surface area contributed by atoms with Crippen molar-refractivity contribution in [1.29, 1.82) is 0 Å². The summed E-state index contributed by atoms with van der Waals surface area (Å²) in [6, 6.07) is 0.717. The van der Waals surface area contributed by atoms with E-state index in [0.717, 1.165) is 32.2 Å². The van der Waals surface area contributed by atoms with Crippen molar-refractivity contribution in [2.75, 3.05) is 39.3 Å². The minimum atomic E-state index is -0.571. The predicted molar refractivity (Wildman–Crippen MR) is 83.7 cm³/mol. The van der Waals surface area contributed by atoms with Crippen LogP contribution in [0, 0.1) is 5.92 Å². The highest BCUT2D eigenvalue weighted by molar-refractivity contribution is 4.93. The molecule has 2 rings (SSSR count). The van der Waals surface area contributed by atoms with Crippen LogP contribution >= 0.6 is 0 Å². The first-order valence-corrected chi connectivity index (χ1v) is 8.48. The van der Waals surface area contributed by atoms with Gasteiger partial charge in [0.25, 0.3) is 0 Å². The molecule has 0 aromatic heterocycles. The van der Waals surface area contributed by atoms with Crippen molar-refractivity contribution < 1.29 is 5.11 Å². The molecule has 1 saturated heterocycles. The van der Waals surface area contributed by atoms with Gasteiger partial charge in [0.05, 0.1) is 5.60 Å². The number of hydrogen-bond acceptors (Lipinski definition) is 4. The SMILES string of the molecule is CCC(C)N1CCN(CCC2CCCC2(O)CN)CC1. The molecule has 2 aliphatic rings. The Morgan fingerprint density at radius 1 is 1.30 bits per heavy atom. The zero-order valence-electron chi connectivity index (χ0n) is 13.4. The van der Waals surface area contributed by atoms with Gasteiger partial charge in [-0.2, -0.15) is 0 Å². The maximum atomic E-state index is 10.5. The normalized spacial score (nSPS) is 34.5. The molecule has 3 atom stereocenters. The minimum Gasteiger partial charge on any atom is -0.388 e. The maximum Gasteiger partial charge on any atom is 0.0797 e. The molecule has 2 fully saturated rings. The van der Waals surface area contributed by atoms with Crippen molar-refractivity contribution >= 4 is 0 Å². The van der Waals surface area contributed by atoms with Crippen molar-refractivity contribution in [2.45, 2.75) is 57.6 Å². The Hall–Kier alpha value is -0.160. The average Bonchev–Trinajstić information content (AvgIpc) is 2.86. The van der Waals surface area contributed by atoms with Gasteiger partial charge < -0.3 is 15.7 Å². The summed E-state index contributed by atoms with van der Waals surface area (Å²) in [4.78, 5) is 5.16. The molecular weight excluding hydrogens is 250 g/mol. The molecule has 0 radical (unpaired) electrons. The fraction of sp³-hybridized carbons (Fsp3) is 1.00. The van der Waals surface area contributed by atoms with Gasteiger partial charge >= 0.3 is 0 Å². The summed E-state index contributed by atoms with van der Waals surface area (Å²) in [6.45, 7) is 10.9. The third-order valence-corrected chi connectivity index (χ3v) is 5.69. The van der Waals surface area contributed by atoms with Crippen LogP contribution in [0.2, 0.25) is 0 Å². The van der Waals surface area contributed by atoms with Crippen molar-refractivity contribution in [3.8, 4) is 0 Å². The lowest BCUT2D eigenvalue weighted by atomic mass is 9.88. The molecule has 4 nitrogen and oxygen atoms in total. The Kier molecular flexibility index (Phi) is 5.84. The molecule has 3 N–H and O–H groups in total. The second-order valence-electron chi connectivity index (χ2n) is 6.82. The smallest absolute Gasteiger partial charge is 0.0797 e. The molecule has 1 heterocycles. The van der Waals surface area contributed by atoms with Crippen LogP contribution < -0.4 is 5.73 Å². The highest BCUT2D eigenvalue weighted by Crippen LogP contribution is 2.37. The van der Waals surface area contributed by atoms with Gasteiger partial charge in [0.1, 0.15) is 0 Å². The zero-order valence-corrected chi connectivity index (χ0v) is 13.4. The average molecular weight is 283 g/mol. The third kappa shape index (κ3) is 3.73. The van der Waals surface area contributed by atoms with Crippen LogP contribution in [-0.2, 0) is 0 Å². The molecule has 0 amide bonds. The van der Waals surface area contributed by atoms with Crippen LogP contribution in [-0.4, -0.2) is 65.8 Å². The van der Waals surface area contributed by atoms with Crippen LogP contribution in [0.3, 0.4) is 0 Å². The molecule has 0 spiro atoms. The van der Waals surface area contributed by atoms with Crippen molar-refractivity contribution in [3.05, 3.63) is 0 Å². The highest BCUT2D eigenvalue weighted by Gasteiger charge is 2.39. The van der Waals surface area contributed by atoms with Crippen LogP contribution in [0.15, 0.2) is 0 Å². The van der Waals surface area contributed by atoms with Crippen LogP contribution in [0.4, 0.5) is 0 Å². The lowest BCUT2D eigenvalue weighted by Crippen LogP contribution is -2.50. The van der Waals surface area contributed by atoms with Crippen molar-refractivity contribution in [2.24, 2.45) is 11.7 Å². The number of aliphatic hydroxyl groups is 1. The van der Waals surface area contributed by atoms with Gasteiger partial charge in [0.15, 0.2) is 0 Å². The quantitative estimate of drug-likeness (QED) is 0.771. The van der Waals surface area contributed by atoms with Crippen LogP contribution in [0.5, 0.6) is 0 Å². The van der Waals surface area contributed by atoms with Gasteiger partial charge in [-0.05, 0) is 45.1 Å². The lowest BCUT2D eigenvalue weighted by Gasteiger charge is -2.38. The molecule has 118 valence electrons. The summed E-state index contributed by atoms with van der Waals surface area (Å²) in [7, 11) is 0. The Morgan fingerprint density at radius 3 is 2.60 bits per heavy atom. The van der Waals surface area contributed by atoms with Crippen molar-refractivity contribution in [1.82, 2.24) is 9.80 Å². The Bertz CT molecular complexity index is 291. The number of nitrogens with zero attached hydrogens (tertiary/aromatic N) is 2. The highest BCUT2D eigenvalue weighted by atomic mass is 16.3. The summed E-state index contributed by atoms with van der Waals surface area (Å²) in [5.41, 5.74) is 5.19.